The molecule has 1 aromatic rings. The van der Waals surface area contributed by atoms with Crippen LogP contribution in [0.3, 0.4) is 0 Å². The number of carboxylic acids is 1. The quantitative estimate of drug-likeness (QED) is 0.862. The van der Waals surface area contributed by atoms with Gasteiger partial charge in [0.1, 0.15) is 11.6 Å². The largest absolute Gasteiger partial charge is 0.496 e. The summed E-state index contributed by atoms with van der Waals surface area (Å²) in [4.78, 5) is 22.6. The Morgan fingerprint density at radius 1 is 1.45 bits per heavy atom. The number of methoxy groups -OCH3 is 1. The first-order valence-corrected chi connectivity index (χ1v) is 6.30. The number of hydrogen-bond acceptors (Lipinski definition) is 3. The van der Waals surface area contributed by atoms with Gasteiger partial charge in [-0.1, -0.05) is 0 Å². The van der Waals surface area contributed by atoms with E-state index in [4.69, 9.17) is 9.84 Å². The topological polar surface area (TPSA) is 75.6 Å². The number of halogens is 1. The van der Waals surface area contributed by atoms with Crippen LogP contribution in [0.25, 0.3) is 0 Å². The number of nitrogens with one attached hydrogen (secondary N) is 1. The van der Waals surface area contributed by atoms with Crippen molar-refractivity contribution >= 4 is 11.9 Å². The summed E-state index contributed by atoms with van der Waals surface area (Å²) < 4.78 is 18.4. The molecule has 0 bridgehead atoms. The number of carbonyl (C=O) groups excluding carboxylic acids is 1. The third kappa shape index (κ3) is 2.89. The number of carbonyl (C=O) groups is 2. The van der Waals surface area contributed by atoms with Crippen LogP contribution in [0.1, 0.15) is 24.9 Å². The maximum atomic E-state index is 13.3. The average Bonchev–Trinajstić information content (AvgIpc) is 3.18. The van der Waals surface area contributed by atoms with Crippen molar-refractivity contribution in [2.75, 3.05) is 7.11 Å². The minimum Gasteiger partial charge on any atom is -0.496 e. The highest BCUT2D eigenvalue weighted by molar-refractivity contribution is 5.89. The Hall–Kier alpha value is -2.11. The molecule has 1 saturated carbocycles. The predicted molar refractivity (Wildman–Crippen MR) is 68.7 cm³/mol. The number of benzene rings is 1. The highest BCUT2D eigenvalue weighted by Gasteiger charge is 2.48. The summed E-state index contributed by atoms with van der Waals surface area (Å²) >= 11 is 0. The molecular formula is C14H16FNO4. The molecule has 1 fully saturated rings. The van der Waals surface area contributed by atoms with E-state index < -0.39 is 29.7 Å². The molecule has 0 saturated heterocycles. The number of aliphatic carboxylic acids is 1. The van der Waals surface area contributed by atoms with E-state index in [1.165, 1.54) is 25.3 Å². The normalized spacial score (nSPS) is 21.9. The van der Waals surface area contributed by atoms with Gasteiger partial charge >= 0.3 is 5.97 Å². The number of ether oxygens (including phenoxy) is 1. The van der Waals surface area contributed by atoms with Crippen molar-refractivity contribution in [3.05, 3.63) is 29.6 Å². The lowest BCUT2D eigenvalue weighted by atomic mass is 10.1. The summed E-state index contributed by atoms with van der Waals surface area (Å²) in [6.07, 6.45) is 0.355. The maximum absolute atomic E-state index is 13.3. The van der Waals surface area contributed by atoms with Crippen LogP contribution < -0.4 is 10.1 Å². The first-order valence-electron chi connectivity index (χ1n) is 6.30. The molecule has 1 amide bonds. The SMILES string of the molecule is COc1ccc(F)cc1C(C)NC(=O)[C@@H]1C[C@@H]1C(=O)O. The molecule has 0 aromatic heterocycles. The summed E-state index contributed by atoms with van der Waals surface area (Å²) in [5.41, 5.74) is 0.522. The Morgan fingerprint density at radius 3 is 2.70 bits per heavy atom. The Morgan fingerprint density at radius 2 is 2.15 bits per heavy atom. The second-order valence-corrected chi connectivity index (χ2v) is 4.90. The molecule has 0 heterocycles. The fourth-order valence-corrected chi connectivity index (χ4v) is 2.20. The van der Waals surface area contributed by atoms with Gasteiger partial charge in [0.15, 0.2) is 0 Å². The summed E-state index contributed by atoms with van der Waals surface area (Å²) in [7, 11) is 1.46. The van der Waals surface area contributed by atoms with Crippen LogP contribution in [0.15, 0.2) is 18.2 Å². The van der Waals surface area contributed by atoms with Gasteiger partial charge < -0.3 is 15.2 Å². The Labute approximate surface area is 115 Å². The highest BCUT2D eigenvalue weighted by Crippen LogP contribution is 2.39. The van der Waals surface area contributed by atoms with Crippen molar-refractivity contribution < 1.29 is 23.8 Å². The minimum absolute atomic E-state index is 0.323. The van der Waals surface area contributed by atoms with Crippen molar-refractivity contribution in [3.8, 4) is 5.75 Å². The van der Waals surface area contributed by atoms with Crippen LogP contribution in [0.2, 0.25) is 0 Å². The van der Waals surface area contributed by atoms with Crippen molar-refractivity contribution in [2.45, 2.75) is 19.4 Å². The molecule has 2 rings (SSSR count). The van der Waals surface area contributed by atoms with E-state index in [0.717, 1.165) is 0 Å². The van der Waals surface area contributed by atoms with Crippen LogP contribution in [0.5, 0.6) is 5.75 Å². The van der Waals surface area contributed by atoms with Crippen molar-refractivity contribution in [3.63, 3.8) is 0 Å². The Bertz CT molecular complexity index is 546. The van der Waals surface area contributed by atoms with E-state index in [-0.39, 0.29) is 5.91 Å². The van der Waals surface area contributed by atoms with Gasteiger partial charge in [0, 0.05) is 5.56 Å². The molecule has 1 unspecified atom stereocenters. The van der Waals surface area contributed by atoms with Gasteiger partial charge in [-0.2, -0.15) is 0 Å². The lowest BCUT2D eigenvalue weighted by molar-refractivity contribution is -0.140. The third-order valence-electron chi connectivity index (χ3n) is 3.46. The van der Waals surface area contributed by atoms with E-state index in [0.29, 0.717) is 17.7 Å². The number of carboxylic acid groups (broad SMARTS) is 1. The van der Waals surface area contributed by atoms with Gasteiger partial charge in [-0.25, -0.2) is 4.39 Å². The maximum Gasteiger partial charge on any atom is 0.307 e. The van der Waals surface area contributed by atoms with Crippen LogP contribution >= 0.6 is 0 Å². The summed E-state index contributed by atoms with van der Waals surface area (Å²) in [6.45, 7) is 1.70. The number of rotatable bonds is 5. The first-order chi connectivity index (χ1) is 9.43. The molecule has 20 heavy (non-hydrogen) atoms. The van der Waals surface area contributed by atoms with Gasteiger partial charge in [-0.15, -0.1) is 0 Å². The number of hydrogen-bond donors (Lipinski definition) is 2. The summed E-state index contributed by atoms with van der Waals surface area (Å²) in [5, 5.41) is 11.5. The van der Waals surface area contributed by atoms with Crippen molar-refractivity contribution in [1.82, 2.24) is 5.32 Å². The van der Waals surface area contributed by atoms with Crippen molar-refractivity contribution in [2.24, 2.45) is 11.8 Å². The molecule has 5 nitrogen and oxygen atoms in total. The molecule has 0 radical (unpaired) electrons. The standard InChI is InChI=1S/C14H16FNO4/c1-7(9-5-8(15)3-4-12(9)20-2)16-13(17)10-6-11(10)14(18)19/h3-5,7,10-11H,6H2,1-2H3,(H,16,17)(H,18,19)/t7?,10-,11+/m1/s1. The predicted octanol–water partition coefficient (Wildman–Crippen LogP) is 1.73. The monoisotopic (exact) mass is 281 g/mol. The van der Waals surface area contributed by atoms with Crippen LogP contribution in [0.4, 0.5) is 4.39 Å². The smallest absolute Gasteiger partial charge is 0.307 e. The average molecular weight is 281 g/mol. The molecule has 2 N–H and O–H groups in total. The van der Waals surface area contributed by atoms with E-state index in [9.17, 15) is 14.0 Å². The fourth-order valence-electron chi connectivity index (χ4n) is 2.20. The second-order valence-electron chi connectivity index (χ2n) is 4.90. The minimum atomic E-state index is -0.957. The van der Waals surface area contributed by atoms with Crippen LogP contribution in [-0.4, -0.2) is 24.1 Å². The molecule has 0 spiro atoms. The molecular weight excluding hydrogens is 265 g/mol. The molecule has 1 aliphatic rings. The molecule has 1 aromatic carbocycles. The fraction of sp³-hybridized carbons (Fsp3) is 0.429. The van der Waals surface area contributed by atoms with E-state index >= 15 is 0 Å². The Balaban J connectivity index is 2.05. The van der Waals surface area contributed by atoms with Crippen LogP contribution in [0, 0.1) is 17.7 Å². The first kappa shape index (κ1) is 14.3. The molecule has 108 valence electrons. The van der Waals surface area contributed by atoms with E-state index in [2.05, 4.69) is 5.32 Å². The van der Waals surface area contributed by atoms with Gasteiger partial charge in [-0.05, 0) is 31.5 Å². The number of amides is 1. The zero-order chi connectivity index (χ0) is 14.9. The molecule has 3 atom stereocenters. The molecule has 6 heteroatoms. The zero-order valence-electron chi connectivity index (χ0n) is 11.2. The lowest BCUT2D eigenvalue weighted by Crippen LogP contribution is -2.29. The molecule has 0 aliphatic heterocycles. The van der Waals surface area contributed by atoms with Crippen LogP contribution in [-0.2, 0) is 9.59 Å². The van der Waals surface area contributed by atoms with Crippen molar-refractivity contribution in [1.29, 1.82) is 0 Å². The van der Waals surface area contributed by atoms with Gasteiger partial charge in [0.05, 0.1) is 25.0 Å². The summed E-state index contributed by atoms with van der Waals surface area (Å²) in [6, 6.07) is 3.61. The molecule has 1 aliphatic carbocycles. The summed E-state index contributed by atoms with van der Waals surface area (Å²) in [5.74, 6) is -2.31. The lowest BCUT2D eigenvalue weighted by Gasteiger charge is -2.17. The third-order valence-corrected chi connectivity index (χ3v) is 3.46. The van der Waals surface area contributed by atoms with Gasteiger partial charge in [-0.3, -0.25) is 9.59 Å². The van der Waals surface area contributed by atoms with E-state index in [1.54, 1.807) is 6.92 Å². The zero-order valence-corrected chi connectivity index (χ0v) is 11.2. The van der Waals surface area contributed by atoms with Gasteiger partial charge in [0.2, 0.25) is 5.91 Å². The van der Waals surface area contributed by atoms with E-state index in [1.807, 2.05) is 0 Å². The highest BCUT2D eigenvalue weighted by atomic mass is 19.1. The van der Waals surface area contributed by atoms with Gasteiger partial charge in [0.25, 0.3) is 0 Å². The second kappa shape index (κ2) is 5.48. The Kier molecular flexibility index (Phi) is 3.92.